The molecular formula is C41H36IN3O6. The van der Waals surface area contributed by atoms with Gasteiger partial charge in [0.1, 0.15) is 12.4 Å². The van der Waals surface area contributed by atoms with Gasteiger partial charge in [0.15, 0.2) is 0 Å². The van der Waals surface area contributed by atoms with Crippen LogP contribution in [-0.2, 0) is 24.6 Å². The number of aliphatic hydroxyl groups excluding tert-OH is 1. The number of aryl methyl sites for hydroxylation is 1. The van der Waals surface area contributed by atoms with E-state index in [0.717, 1.165) is 20.3 Å². The number of amides is 4. The number of hydrogen-bond donors (Lipinski definition) is 2. The Morgan fingerprint density at radius 3 is 2.24 bits per heavy atom. The lowest BCUT2D eigenvalue weighted by molar-refractivity contribution is -0.138. The van der Waals surface area contributed by atoms with Crippen molar-refractivity contribution in [1.29, 1.82) is 0 Å². The first-order valence-electron chi connectivity index (χ1n) is 17.2. The number of imide groups is 2. The number of aliphatic hydroxyl groups is 1. The van der Waals surface area contributed by atoms with Crippen molar-refractivity contribution in [3.05, 3.63) is 135 Å². The molecule has 0 bridgehead atoms. The van der Waals surface area contributed by atoms with E-state index in [1.165, 1.54) is 9.91 Å². The van der Waals surface area contributed by atoms with Crippen molar-refractivity contribution >= 4 is 57.6 Å². The van der Waals surface area contributed by atoms with Crippen molar-refractivity contribution in [3.63, 3.8) is 0 Å². The van der Waals surface area contributed by atoms with Crippen LogP contribution in [0.1, 0.15) is 35.4 Å². The Balaban J connectivity index is 1.29. The molecule has 4 aromatic rings. The highest BCUT2D eigenvalue weighted by Gasteiger charge is 2.70. The number of benzene rings is 4. The number of rotatable bonds is 8. The summed E-state index contributed by atoms with van der Waals surface area (Å²) >= 11 is 2.19. The molecule has 4 aromatic carbocycles. The van der Waals surface area contributed by atoms with Crippen molar-refractivity contribution in [1.82, 2.24) is 5.01 Å². The van der Waals surface area contributed by atoms with Crippen LogP contribution in [0.25, 0.3) is 0 Å². The summed E-state index contributed by atoms with van der Waals surface area (Å²) in [6.45, 7) is 1.97. The molecular weight excluding hydrogens is 757 g/mol. The second-order valence-electron chi connectivity index (χ2n) is 13.7. The second kappa shape index (κ2) is 13.1. The molecule has 4 aliphatic rings. The molecule has 3 fully saturated rings. The lowest BCUT2D eigenvalue weighted by atomic mass is 9.49. The van der Waals surface area contributed by atoms with Gasteiger partial charge in [0.2, 0.25) is 11.8 Å². The monoisotopic (exact) mass is 793 g/mol. The Kier molecular flexibility index (Phi) is 8.54. The van der Waals surface area contributed by atoms with Gasteiger partial charge >= 0.3 is 0 Å². The van der Waals surface area contributed by atoms with Crippen molar-refractivity contribution in [2.45, 2.75) is 31.1 Å². The topological polar surface area (TPSA) is 116 Å². The number of hydrazine groups is 1. The Morgan fingerprint density at radius 2 is 1.55 bits per heavy atom. The van der Waals surface area contributed by atoms with E-state index >= 15 is 4.79 Å². The SMILES string of the molecule is Cc1ccc(NN2C(=O)[C@@H]3C[C@@H]4C(=CC[C@@H]5C(=O)N(c6ccc(I)cc6)C(=O)[C@@H]54)[C@H](c4ccc(OCCO)cc4)[C@]3(c3ccccc3)C2=O)cc1. The van der Waals surface area contributed by atoms with Gasteiger partial charge in [-0.05, 0) is 108 Å². The standard InChI is InChI=1S/C41H36IN3O6/c1-24-7-13-28(14-8-24)43-45-38(48)34-23-33-31(19-20-32-35(33)39(49)44(37(32)47)29-15-11-27(42)12-16-29)36(25-9-17-30(18-10-25)51-22-21-46)41(34,40(45)50)26-5-3-2-4-6-26/h2-19,32-36,43,46H,20-23H2,1H3/t32-,33+,34-,35-,36-,41+/m0/s1. The number of nitrogens with one attached hydrogen (secondary N) is 1. The summed E-state index contributed by atoms with van der Waals surface area (Å²) in [5.74, 6) is -3.86. The van der Waals surface area contributed by atoms with Crippen LogP contribution in [0.15, 0.2) is 115 Å². The van der Waals surface area contributed by atoms with E-state index in [2.05, 4.69) is 34.1 Å². The molecule has 2 aliphatic carbocycles. The molecule has 2 heterocycles. The van der Waals surface area contributed by atoms with E-state index in [-0.39, 0.29) is 43.3 Å². The summed E-state index contributed by atoms with van der Waals surface area (Å²) in [5, 5.41) is 10.5. The molecule has 51 heavy (non-hydrogen) atoms. The largest absolute Gasteiger partial charge is 0.491 e. The van der Waals surface area contributed by atoms with Crippen LogP contribution in [0.2, 0.25) is 0 Å². The Morgan fingerprint density at radius 1 is 0.843 bits per heavy atom. The summed E-state index contributed by atoms with van der Waals surface area (Å²) in [6.07, 6.45) is 2.63. The van der Waals surface area contributed by atoms with Crippen LogP contribution < -0.4 is 15.1 Å². The number of halogens is 1. The minimum atomic E-state index is -1.35. The summed E-state index contributed by atoms with van der Waals surface area (Å²) in [4.78, 5) is 59.8. The number of allylic oxidation sites excluding steroid dienone is 2. The highest BCUT2D eigenvalue weighted by atomic mass is 127. The average Bonchev–Trinajstić information content (AvgIpc) is 3.53. The van der Waals surface area contributed by atoms with Gasteiger partial charge in [0, 0.05) is 9.49 Å². The molecule has 10 heteroatoms. The maximum atomic E-state index is 15.3. The lowest BCUT2D eigenvalue weighted by Gasteiger charge is -2.50. The number of fused-ring (bicyclic) bond motifs is 4. The number of carbonyl (C=O) groups excluding carboxylic acids is 4. The van der Waals surface area contributed by atoms with Gasteiger partial charge in [-0.15, -0.1) is 0 Å². The van der Waals surface area contributed by atoms with Crippen molar-refractivity contribution in [2.24, 2.45) is 23.7 Å². The maximum Gasteiger partial charge on any atom is 0.260 e. The second-order valence-corrected chi connectivity index (χ2v) is 15.0. The molecule has 2 aliphatic heterocycles. The quantitative estimate of drug-likeness (QED) is 0.125. The van der Waals surface area contributed by atoms with Gasteiger partial charge in [0.05, 0.1) is 41.2 Å². The van der Waals surface area contributed by atoms with E-state index in [1.54, 1.807) is 24.3 Å². The van der Waals surface area contributed by atoms with Crippen LogP contribution in [0.3, 0.4) is 0 Å². The van der Waals surface area contributed by atoms with Crippen molar-refractivity contribution in [2.75, 3.05) is 23.5 Å². The zero-order valence-electron chi connectivity index (χ0n) is 27.9. The van der Waals surface area contributed by atoms with Crippen LogP contribution >= 0.6 is 22.6 Å². The third-order valence-corrected chi connectivity index (χ3v) is 11.8. The first-order valence-corrected chi connectivity index (χ1v) is 18.3. The average molecular weight is 794 g/mol. The zero-order valence-corrected chi connectivity index (χ0v) is 30.0. The number of hydrogen-bond acceptors (Lipinski definition) is 7. The summed E-state index contributed by atoms with van der Waals surface area (Å²) in [5.41, 5.74) is 6.37. The van der Waals surface area contributed by atoms with E-state index in [0.29, 0.717) is 29.1 Å². The van der Waals surface area contributed by atoms with Crippen LogP contribution in [0, 0.1) is 34.2 Å². The molecule has 4 amide bonds. The molecule has 9 nitrogen and oxygen atoms in total. The number of anilines is 2. The highest BCUT2D eigenvalue weighted by Crippen LogP contribution is 2.64. The van der Waals surface area contributed by atoms with Gasteiger partial charge < -0.3 is 9.84 Å². The molecule has 0 aromatic heterocycles. The molecule has 0 spiro atoms. The van der Waals surface area contributed by atoms with Crippen LogP contribution in [-0.4, -0.2) is 47.0 Å². The Labute approximate surface area is 309 Å². The normalized spacial score (nSPS) is 26.8. The van der Waals surface area contributed by atoms with Gasteiger partial charge in [-0.1, -0.05) is 71.8 Å². The fraction of sp³-hybridized carbons (Fsp3) is 0.268. The predicted octanol–water partition coefficient (Wildman–Crippen LogP) is 6.16. The summed E-state index contributed by atoms with van der Waals surface area (Å²) in [6, 6.07) is 31.7. The van der Waals surface area contributed by atoms with Crippen molar-refractivity contribution < 1.29 is 29.0 Å². The van der Waals surface area contributed by atoms with E-state index in [4.69, 9.17) is 4.74 Å². The number of ether oxygens (including phenoxy) is 1. The van der Waals surface area contributed by atoms with Crippen molar-refractivity contribution in [3.8, 4) is 5.75 Å². The molecule has 0 radical (unpaired) electrons. The fourth-order valence-corrected chi connectivity index (χ4v) is 9.25. The molecule has 258 valence electrons. The van der Waals surface area contributed by atoms with Gasteiger partial charge in [0.25, 0.3) is 11.8 Å². The fourth-order valence-electron chi connectivity index (χ4n) is 8.89. The Bertz CT molecular complexity index is 2050. The maximum absolute atomic E-state index is 15.3. The van der Waals surface area contributed by atoms with Crippen LogP contribution in [0.4, 0.5) is 11.4 Å². The third kappa shape index (κ3) is 5.29. The molecule has 2 saturated heterocycles. The summed E-state index contributed by atoms with van der Waals surface area (Å²) < 4.78 is 6.67. The summed E-state index contributed by atoms with van der Waals surface area (Å²) in [7, 11) is 0. The Hall–Kier alpha value is -4.81. The highest BCUT2D eigenvalue weighted by molar-refractivity contribution is 14.1. The number of carbonyl (C=O) groups is 4. The first-order chi connectivity index (χ1) is 24.7. The van der Waals surface area contributed by atoms with Crippen LogP contribution in [0.5, 0.6) is 5.75 Å². The molecule has 2 N–H and O–H groups in total. The minimum absolute atomic E-state index is 0.132. The lowest BCUT2D eigenvalue weighted by Crippen LogP contribution is -2.53. The smallest absolute Gasteiger partial charge is 0.260 e. The predicted molar refractivity (Wildman–Crippen MR) is 199 cm³/mol. The van der Waals surface area contributed by atoms with Gasteiger partial charge in [-0.3, -0.25) is 29.5 Å². The molecule has 1 saturated carbocycles. The van der Waals surface area contributed by atoms with E-state index in [1.807, 2.05) is 85.8 Å². The third-order valence-electron chi connectivity index (χ3n) is 11.1. The zero-order chi connectivity index (χ0) is 35.4. The molecule has 8 rings (SSSR count). The van der Waals surface area contributed by atoms with E-state index in [9.17, 15) is 19.5 Å². The minimum Gasteiger partial charge on any atom is -0.491 e. The van der Waals surface area contributed by atoms with E-state index < -0.39 is 35.0 Å². The van der Waals surface area contributed by atoms with Gasteiger partial charge in [-0.25, -0.2) is 0 Å². The molecule has 6 atom stereocenters. The first kappa shape index (κ1) is 33.3. The molecule has 0 unspecified atom stereocenters. The van der Waals surface area contributed by atoms with Gasteiger partial charge in [-0.2, -0.15) is 5.01 Å². The number of nitrogens with zero attached hydrogens (tertiary/aromatic N) is 2.